The van der Waals surface area contributed by atoms with E-state index in [-0.39, 0.29) is 18.0 Å². The first kappa shape index (κ1) is 16.6. The lowest BCUT2D eigenvalue weighted by Gasteiger charge is -2.21. The summed E-state index contributed by atoms with van der Waals surface area (Å²) in [7, 11) is 3.27. The van der Waals surface area contributed by atoms with E-state index < -0.39 is 0 Å². The van der Waals surface area contributed by atoms with E-state index in [1.807, 2.05) is 18.2 Å². The third-order valence-electron chi connectivity index (χ3n) is 4.01. The average Bonchev–Trinajstić information content (AvgIpc) is 2.72. The van der Waals surface area contributed by atoms with Gasteiger partial charge in [-0.1, -0.05) is 6.07 Å². The predicted octanol–water partition coefficient (Wildman–Crippen LogP) is 1.89. The van der Waals surface area contributed by atoms with Crippen LogP contribution >= 0.6 is 0 Å². The van der Waals surface area contributed by atoms with Gasteiger partial charge in [-0.3, -0.25) is 4.79 Å². The van der Waals surface area contributed by atoms with Gasteiger partial charge in [-0.05, 0) is 50.3 Å². The molecule has 2 N–H and O–H groups in total. The van der Waals surface area contributed by atoms with Crippen LogP contribution in [-0.4, -0.2) is 38.8 Å². The summed E-state index contributed by atoms with van der Waals surface area (Å²) in [5.41, 5.74) is 1.16. The minimum absolute atomic E-state index is 0.0855. The molecule has 1 heterocycles. The summed E-state index contributed by atoms with van der Waals surface area (Å²) in [6.07, 6.45) is 3.89. The molecule has 1 aromatic carbocycles. The molecule has 1 amide bonds. The van der Waals surface area contributed by atoms with Gasteiger partial charge in [0.2, 0.25) is 5.91 Å². The molecular weight excluding hydrogens is 280 g/mol. The van der Waals surface area contributed by atoms with Crippen LogP contribution in [-0.2, 0) is 11.2 Å². The van der Waals surface area contributed by atoms with Gasteiger partial charge >= 0.3 is 0 Å². The summed E-state index contributed by atoms with van der Waals surface area (Å²) in [6.45, 7) is 2.90. The smallest absolute Gasteiger partial charge is 0.237 e. The number of carbonyl (C=O) groups is 1. The van der Waals surface area contributed by atoms with Gasteiger partial charge < -0.3 is 20.1 Å². The highest BCUT2D eigenvalue weighted by Gasteiger charge is 2.22. The molecule has 22 heavy (non-hydrogen) atoms. The number of benzene rings is 1. The molecule has 5 heteroatoms. The molecule has 2 atom stereocenters. The molecule has 1 saturated heterocycles. The maximum Gasteiger partial charge on any atom is 0.237 e. The fraction of sp³-hybridized carbons (Fsp3) is 0.588. The Labute approximate surface area is 132 Å². The van der Waals surface area contributed by atoms with Crippen molar-refractivity contribution in [2.45, 2.75) is 44.7 Å². The Morgan fingerprint density at radius 1 is 1.27 bits per heavy atom. The third kappa shape index (κ3) is 4.37. The molecule has 2 rings (SSSR count). The Kier molecular flexibility index (Phi) is 6.07. The largest absolute Gasteiger partial charge is 0.493 e. The molecule has 0 radical (unpaired) electrons. The van der Waals surface area contributed by atoms with Crippen molar-refractivity contribution in [1.82, 2.24) is 10.6 Å². The van der Waals surface area contributed by atoms with Gasteiger partial charge in [0.1, 0.15) is 0 Å². The number of amides is 1. The second-order valence-corrected chi connectivity index (χ2v) is 5.80. The lowest BCUT2D eigenvalue weighted by molar-refractivity contribution is -0.123. The first-order valence-electron chi connectivity index (χ1n) is 7.88. The quantitative estimate of drug-likeness (QED) is 0.843. The maximum atomic E-state index is 12.0. The van der Waals surface area contributed by atoms with Gasteiger partial charge in [0.15, 0.2) is 11.5 Å². The van der Waals surface area contributed by atoms with Gasteiger partial charge in [-0.15, -0.1) is 0 Å². The second-order valence-electron chi connectivity index (χ2n) is 5.80. The van der Waals surface area contributed by atoms with Gasteiger partial charge in [-0.2, -0.15) is 0 Å². The number of rotatable bonds is 6. The van der Waals surface area contributed by atoms with Crippen LogP contribution in [0, 0.1) is 0 Å². The minimum Gasteiger partial charge on any atom is -0.493 e. The van der Waals surface area contributed by atoms with E-state index in [4.69, 9.17) is 9.47 Å². The fourth-order valence-corrected chi connectivity index (χ4v) is 2.86. The van der Waals surface area contributed by atoms with Gasteiger partial charge in [0.05, 0.1) is 20.3 Å². The molecule has 0 aliphatic carbocycles. The number of methoxy groups -OCH3 is 2. The van der Waals surface area contributed by atoms with Crippen LogP contribution in [0.3, 0.4) is 0 Å². The Morgan fingerprint density at radius 3 is 2.77 bits per heavy atom. The molecular formula is C17H26N2O3. The zero-order valence-electron chi connectivity index (χ0n) is 13.6. The van der Waals surface area contributed by atoms with E-state index in [1.54, 1.807) is 14.2 Å². The van der Waals surface area contributed by atoms with Crippen LogP contribution in [0.5, 0.6) is 11.5 Å². The monoisotopic (exact) mass is 306 g/mol. The minimum atomic E-state index is -0.0855. The van der Waals surface area contributed by atoms with Gasteiger partial charge in [0.25, 0.3) is 0 Å². The second kappa shape index (κ2) is 8.03. The molecule has 1 aliphatic rings. The number of ether oxygens (including phenoxy) is 2. The first-order valence-corrected chi connectivity index (χ1v) is 7.88. The standard InChI is InChI=1S/C17H26N2O3/c1-12(19-14-6-4-5-9-18-17(14)20)10-13-7-8-15(21-2)16(11-13)22-3/h7-8,11-12,14,19H,4-6,9-10H2,1-3H3,(H,18,20). The molecule has 5 nitrogen and oxygen atoms in total. The van der Waals surface area contributed by atoms with Crippen molar-refractivity contribution >= 4 is 5.91 Å². The van der Waals surface area contributed by atoms with Crippen molar-refractivity contribution in [1.29, 1.82) is 0 Å². The summed E-state index contributed by atoms with van der Waals surface area (Å²) in [5.74, 6) is 1.59. The van der Waals surface area contributed by atoms with Crippen LogP contribution in [0.1, 0.15) is 31.7 Å². The SMILES string of the molecule is COc1ccc(CC(C)NC2CCCCNC2=O)cc1OC. The lowest BCUT2D eigenvalue weighted by atomic mass is 10.0. The average molecular weight is 306 g/mol. The highest BCUT2D eigenvalue weighted by molar-refractivity contribution is 5.81. The van der Waals surface area contributed by atoms with E-state index in [9.17, 15) is 4.79 Å². The lowest BCUT2D eigenvalue weighted by Crippen LogP contribution is -2.47. The highest BCUT2D eigenvalue weighted by Crippen LogP contribution is 2.28. The molecule has 1 fully saturated rings. The summed E-state index contributed by atoms with van der Waals surface area (Å²) in [5, 5.41) is 6.40. The Balaban J connectivity index is 1.96. The van der Waals surface area contributed by atoms with E-state index in [1.165, 1.54) is 0 Å². The zero-order valence-corrected chi connectivity index (χ0v) is 13.6. The molecule has 0 bridgehead atoms. The topological polar surface area (TPSA) is 59.6 Å². The molecule has 1 aliphatic heterocycles. The first-order chi connectivity index (χ1) is 10.6. The Bertz CT molecular complexity index is 505. The highest BCUT2D eigenvalue weighted by atomic mass is 16.5. The van der Waals surface area contributed by atoms with Crippen molar-refractivity contribution in [3.8, 4) is 11.5 Å². The molecule has 0 saturated carbocycles. The molecule has 1 aromatic rings. The van der Waals surface area contributed by atoms with E-state index in [0.29, 0.717) is 0 Å². The van der Waals surface area contributed by atoms with Crippen LogP contribution < -0.4 is 20.1 Å². The molecule has 2 unspecified atom stereocenters. The predicted molar refractivity (Wildman–Crippen MR) is 86.5 cm³/mol. The molecule has 122 valence electrons. The van der Waals surface area contributed by atoms with Crippen molar-refractivity contribution in [2.24, 2.45) is 0 Å². The summed E-state index contributed by atoms with van der Waals surface area (Å²) >= 11 is 0. The van der Waals surface area contributed by atoms with Crippen molar-refractivity contribution < 1.29 is 14.3 Å². The molecule has 0 spiro atoms. The normalized spacial score (nSPS) is 20.0. The number of carbonyl (C=O) groups excluding carboxylic acids is 1. The Hall–Kier alpha value is -1.75. The van der Waals surface area contributed by atoms with Gasteiger partial charge in [-0.25, -0.2) is 0 Å². The van der Waals surface area contributed by atoms with Crippen LogP contribution in [0.2, 0.25) is 0 Å². The van der Waals surface area contributed by atoms with Crippen molar-refractivity contribution in [3.05, 3.63) is 23.8 Å². The van der Waals surface area contributed by atoms with Crippen LogP contribution in [0.4, 0.5) is 0 Å². The zero-order chi connectivity index (χ0) is 15.9. The number of hydrogen-bond donors (Lipinski definition) is 2. The van der Waals surface area contributed by atoms with Crippen LogP contribution in [0.15, 0.2) is 18.2 Å². The van der Waals surface area contributed by atoms with E-state index in [0.717, 1.165) is 49.3 Å². The number of nitrogens with one attached hydrogen (secondary N) is 2. The maximum absolute atomic E-state index is 12.0. The van der Waals surface area contributed by atoms with Crippen molar-refractivity contribution in [3.63, 3.8) is 0 Å². The third-order valence-corrected chi connectivity index (χ3v) is 4.01. The fourth-order valence-electron chi connectivity index (χ4n) is 2.86. The summed E-state index contributed by atoms with van der Waals surface area (Å²) < 4.78 is 10.6. The summed E-state index contributed by atoms with van der Waals surface area (Å²) in [6, 6.07) is 6.07. The Morgan fingerprint density at radius 2 is 2.05 bits per heavy atom. The summed E-state index contributed by atoms with van der Waals surface area (Å²) in [4.78, 5) is 12.0. The van der Waals surface area contributed by atoms with Crippen LogP contribution in [0.25, 0.3) is 0 Å². The van der Waals surface area contributed by atoms with Gasteiger partial charge in [0, 0.05) is 12.6 Å². The number of hydrogen-bond acceptors (Lipinski definition) is 4. The molecule has 0 aromatic heterocycles. The van der Waals surface area contributed by atoms with E-state index in [2.05, 4.69) is 17.6 Å². The van der Waals surface area contributed by atoms with Crippen molar-refractivity contribution in [2.75, 3.05) is 20.8 Å². The van der Waals surface area contributed by atoms with E-state index >= 15 is 0 Å².